The number of hydrogen-bond acceptors (Lipinski definition) is 5. The van der Waals surface area contributed by atoms with E-state index in [0.29, 0.717) is 31.2 Å². The number of aromatic carboxylic acids is 1. The Labute approximate surface area is 172 Å². The molecule has 1 atom stereocenters. The van der Waals surface area contributed by atoms with Crippen LogP contribution in [0.5, 0.6) is 5.88 Å². The molecule has 1 aromatic carbocycles. The summed E-state index contributed by atoms with van der Waals surface area (Å²) in [5.41, 5.74) is 2.66. The lowest BCUT2D eigenvalue weighted by Crippen LogP contribution is -2.39. The number of ether oxygens (including phenoxy) is 2. The van der Waals surface area contributed by atoms with Gasteiger partial charge in [-0.25, -0.2) is 9.48 Å². The Kier molecular flexibility index (Phi) is 6.92. The van der Waals surface area contributed by atoms with Crippen LogP contribution in [0, 0.1) is 0 Å². The maximum atomic E-state index is 12.0. The number of carboxylic acids is 1. The molecule has 7 heteroatoms. The van der Waals surface area contributed by atoms with Gasteiger partial charge in [0.1, 0.15) is 5.56 Å². The molecule has 2 aromatic rings. The average Bonchev–Trinajstić information content (AvgIpc) is 3.09. The third-order valence-corrected chi connectivity index (χ3v) is 5.12. The van der Waals surface area contributed by atoms with Crippen LogP contribution >= 0.6 is 0 Å². The molecule has 0 amide bonds. The normalized spacial score (nSPS) is 17.1. The fourth-order valence-corrected chi connectivity index (χ4v) is 3.42. The molecule has 7 nitrogen and oxygen atoms in total. The third kappa shape index (κ3) is 4.97. The Morgan fingerprint density at radius 1 is 1.28 bits per heavy atom. The zero-order chi connectivity index (χ0) is 21.0. The Hall–Kier alpha value is -2.38. The quantitative estimate of drug-likeness (QED) is 0.703. The Balaban J connectivity index is 1.91. The number of nitrogens with one attached hydrogen (secondary N) is 1. The number of morpholine rings is 1. The van der Waals surface area contributed by atoms with E-state index in [1.165, 1.54) is 5.56 Å². The molecule has 1 unspecified atom stereocenters. The van der Waals surface area contributed by atoms with Gasteiger partial charge in [0.15, 0.2) is 0 Å². The summed E-state index contributed by atoms with van der Waals surface area (Å²) < 4.78 is 13.3. The second kappa shape index (κ2) is 9.41. The summed E-state index contributed by atoms with van der Waals surface area (Å²) in [6, 6.07) is 8.00. The van der Waals surface area contributed by atoms with Crippen molar-refractivity contribution in [3.05, 3.63) is 41.1 Å². The van der Waals surface area contributed by atoms with E-state index in [0.717, 1.165) is 18.8 Å². The van der Waals surface area contributed by atoms with Crippen LogP contribution in [0.1, 0.15) is 67.6 Å². The van der Waals surface area contributed by atoms with Crippen LogP contribution in [-0.2, 0) is 4.74 Å². The minimum absolute atomic E-state index is 0.0366. The van der Waals surface area contributed by atoms with Gasteiger partial charge in [-0.3, -0.25) is 0 Å². The zero-order valence-corrected chi connectivity index (χ0v) is 17.6. The van der Waals surface area contributed by atoms with Crippen LogP contribution in [0.25, 0.3) is 5.69 Å². The first-order chi connectivity index (χ1) is 13.9. The highest BCUT2D eigenvalue weighted by atomic mass is 16.5. The smallest absolute Gasteiger partial charge is 0.343 e. The van der Waals surface area contributed by atoms with Crippen molar-refractivity contribution in [1.29, 1.82) is 0 Å². The Morgan fingerprint density at radius 3 is 2.55 bits per heavy atom. The summed E-state index contributed by atoms with van der Waals surface area (Å²) in [4.78, 5) is 12.0. The Morgan fingerprint density at radius 2 is 2.00 bits per heavy atom. The standard InChI is InChI=1S/C22H31N3O4/c1-14(2)16-5-7-17(8-6-16)25-21(19(22(26)27)20(24-25)15(3)4)29-11-9-18-13-23-10-12-28-18/h5-8,14-15,18,23H,9-13H2,1-4H3,(H,26,27). The first kappa shape index (κ1) is 21.3. The van der Waals surface area contributed by atoms with Crippen molar-refractivity contribution < 1.29 is 19.4 Å². The second-order valence-corrected chi connectivity index (χ2v) is 8.02. The molecular formula is C22H31N3O4. The van der Waals surface area contributed by atoms with Crippen molar-refractivity contribution in [3.8, 4) is 11.6 Å². The number of rotatable bonds is 8. The molecule has 29 heavy (non-hydrogen) atoms. The summed E-state index contributed by atoms with van der Waals surface area (Å²) >= 11 is 0. The number of nitrogens with zero attached hydrogens (tertiary/aromatic N) is 2. The van der Waals surface area contributed by atoms with E-state index in [1.807, 2.05) is 38.1 Å². The lowest BCUT2D eigenvalue weighted by atomic mass is 10.0. The first-order valence-corrected chi connectivity index (χ1v) is 10.3. The van der Waals surface area contributed by atoms with Crippen LogP contribution in [0.3, 0.4) is 0 Å². The first-order valence-electron chi connectivity index (χ1n) is 10.3. The molecule has 1 aliphatic rings. The molecule has 3 rings (SSSR count). The van der Waals surface area contributed by atoms with Crippen molar-refractivity contribution in [3.63, 3.8) is 0 Å². The van der Waals surface area contributed by atoms with E-state index in [-0.39, 0.29) is 23.5 Å². The lowest BCUT2D eigenvalue weighted by molar-refractivity contribution is 0.0153. The van der Waals surface area contributed by atoms with Crippen molar-refractivity contribution in [2.24, 2.45) is 0 Å². The molecule has 1 fully saturated rings. The molecule has 158 valence electrons. The Bertz CT molecular complexity index is 821. The monoisotopic (exact) mass is 401 g/mol. The van der Waals surface area contributed by atoms with Gasteiger partial charge in [0.05, 0.1) is 30.7 Å². The summed E-state index contributed by atoms with van der Waals surface area (Å²) in [7, 11) is 0. The minimum atomic E-state index is -1.02. The summed E-state index contributed by atoms with van der Waals surface area (Å²) in [6.07, 6.45) is 0.754. The van der Waals surface area contributed by atoms with Gasteiger partial charge < -0.3 is 19.9 Å². The van der Waals surface area contributed by atoms with Gasteiger partial charge in [-0.05, 0) is 29.5 Å². The topological polar surface area (TPSA) is 85.6 Å². The average molecular weight is 402 g/mol. The van der Waals surface area contributed by atoms with Crippen molar-refractivity contribution in [1.82, 2.24) is 15.1 Å². The number of aromatic nitrogens is 2. The SMILES string of the molecule is CC(C)c1ccc(-n2nc(C(C)C)c(C(=O)O)c2OCCC2CNCCO2)cc1. The summed E-state index contributed by atoms with van der Waals surface area (Å²) in [5, 5.41) is 17.8. The van der Waals surface area contributed by atoms with Gasteiger partial charge in [-0.15, -0.1) is 0 Å². The van der Waals surface area contributed by atoms with Gasteiger partial charge in [0, 0.05) is 19.5 Å². The van der Waals surface area contributed by atoms with Crippen LogP contribution in [-0.4, -0.2) is 53.3 Å². The maximum Gasteiger partial charge on any atom is 0.343 e. The van der Waals surface area contributed by atoms with E-state index < -0.39 is 5.97 Å². The van der Waals surface area contributed by atoms with E-state index in [2.05, 4.69) is 24.3 Å². The van der Waals surface area contributed by atoms with Gasteiger partial charge >= 0.3 is 5.97 Å². The molecular weight excluding hydrogens is 370 g/mol. The number of carboxylic acid groups (broad SMARTS) is 1. The molecule has 1 aromatic heterocycles. The van der Waals surface area contributed by atoms with Gasteiger partial charge in [0.25, 0.3) is 0 Å². The van der Waals surface area contributed by atoms with E-state index >= 15 is 0 Å². The van der Waals surface area contributed by atoms with Crippen LogP contribution in [0.2, 0.25) is 0 Å². The largest absolute Gasteiger partial charge is 0.477 e. The summed E-state index contributed by atoms with van der Waals surface area (Å²) in [5.74, 6) is -0.362. The van der Waals surface area contributed by atoms with E-state index in [1.54, 1.807) is 4.68 Å². The van der Waals surface area contributed by atoms with Gasteiger partial charge in [0.2, 0.25) is 5.88 Å². The van der Waals surface area contributed by atoms with Crippen LogP contribution in [0.4, 0.5) is 0 Å². The highest BCUT2D eigenvalue weighted by Gasteiger charge is 2.28. The molecule has 0 saturated carbocycles. The molecule has 2 N–H and O–H groups in total. The molecule has 1 saturated heterocycles. The fraction of sp³-hybridized carbons (Fsp3) is 0.545. The van der Waals surface area contributed by atoms with Crippen molar-refractivity contribution >= 4 is 5.97 Å². The predicted octanol–water partition coefficient (Wildman–Crippen LogP) is 3.57. The van der Waals surface area contributed by atoms with Gasteiger partial charge in [-0.2, -0.15) is 5.10 Å². The highest BCUT2D eigenvalue weighted by Crippen LogP contribution is 2.31. The van der Waals surface area contributed by atoms with E-state index in [4.69, 9.17) is 9.47 Å². The molecule has 1 aliphatic heterocycles. The summed E-state index contributed by atoms with van der Waals surface area (Å²) in [6.45, 7) is 10.8. The molecule has 2 heterocycles. The van der Waals surface area contributed by atoms with Gasteiger partial charge in [-0.1, -0.05) is 39.8 Å². The predicted molar refractivity (Wildman–Crippen MR) is 111 cm³/mol. The maximum absolute atomic E-state index is 12.0. The van der Waals surface area contributed by atoms with Crippen LogP contribution < -0.4 is 10.1 Å². The number of benzene rings is 1. The van der Waals surface area contributed by atoms with Crippen molar-refractivity contribution in [2.75, 3.05) is 26.3 Å². The number of carbonyl (C=O) groups is 1. The molecule has 0 spiro atoms. The zero-order valence-electron chi connectivity index (χ0n) is 17.6. The molecule has 0 aliphatic carbocycles. The third-order valence-electron chi connectivity index (χ3n) is 5.12. The van der Waals surface area contributed by atoms with Crippen molar-refractivity contribution in [2.45, 2.75) is 52.1 Å². The second-order valence-electron chi connectivity index (χ2n) is 8.02. The number of hydrogen-bond donors (Lipinski definition) is 2. The molecule has 0 radical (unpaired) electrons. The van der Waals surface area contributed by atoms with Crippen LogP contribution in [0.15, 0.2) is 24.3 Å². The minimum Gasteiger partial charge on any atom is -0.477 e. The highest BCUT2D eigenvalue weighted by molar-refractivity contribution is 5.92. The fourth-order valence-electron chi connectivity index (χ4n) is 3.42. The molecule has 0 bridgehead atoms. The lowest BCUT2D eigenvalue weighted by Gasteiger charge is -2.23. The van der Waals surface area contributed by atoms with E-state index in [9.17, 15) is 9.90 Å².